The molecule has 1 atom stereocenters. The van der Waals surface area contributed by atoms with Crippen molar-refractivity contribution in [2.24, 2.45) is 0 Å². The molecule has 1 aromatic heterocycles. The van der Waals surface area contributed by atoms with E-state index in [2.05, 4.69) is 4.98 Å². The summed E-state index contributed by atoms with van der Waals surface area (Å²) in [6.45, 7) is 2.56. The Morgan fingerprint density at radius 2 is 2.20 bits per heavy atom. The van der Waals surface area contributed by atoms with Crippen LogP contribution in [-0.4, -0.2) is 36.3 Å². The fourth-order valence-corrected chi connectivity index (χ4v) is 2.48. The number of methoxy groups -OCH3 is 2. The van der Waals surface area contributed by atoms with E-state index in [-0.39, 0.29) is 12.0 Å². The number of fused-ring (bicyclic) bond motifs is 1. The van der Waals surface area contributed by atoms with Crippen molar-refractivity contribution in [3.63, 3.8) is 0 Å². The van der Waals surface area contributed by atoms with Crippen molar-refractivity contribution in [3.8, 4) is 0 Å². The van der Waals surface area contributed by atoms with Gasteiger partial charge in [0.1, 0.15) is 5.82 Å². The van der Waals surface area contributed by atoms with E-state index in [0.29, 0.717) is 18.1 Å². The van der Waals surface area contributed by atoms with Crippen LogP contribution in [-0.2, 0) is 15.4 Å². The van der Waals surface area contributed by atoms with Crippen LogP contribution in [0.1, 0.15) is 29.1 Å². The molecule has 0 saturated carbocycles. The van der Waals surface area contributed by atoms with Gasteiger partial charge in [0.05, 0.1) is 42.2 Å². The number of rotatable bonds is 5. The second-order valence-corrected chi connectivity index (χ2v) is 4.80. The summed E-state index contributed by atoms with van der Waals surface area (Å²) in [5, 5.41) is 0. The Labute approximate surface area is 122 Å². The van der Waals surface area contributed by atoms with Gasteiger partial charge < -0.3 is 14.0 Å². The Bertz CT molecular complexity index is 624. The van der Waals surface area contributed by atoms with Gasteiger partial charge in [-0.15, -0.1) is 11.6 Å². The molecular weight excluding hydrogens is 280 g/mol. The van der Waals surface area contributed by atoms with Crippen molar-refractivity contribution < 1.29 is 14.3 Å². The van der Waals surface area contributed by atoms with Gasteiger partial charge in [-0.1, -0.05) is 0 Å². The van der Waals surface area contributed by atoms with Gasteiger partial charge in [-0.2, -0.15) is 0 Å². The molecule has 1 unspecified atom stereocenters. The molecule has 0 aliphatic carbocycles. The lowest BCUT2D eigenvalue weighted by molar-refractivity contribution is 0.0601. The minimum Gasteiger partial charge on any atom is -0.465 e. The standard InChI is InChI=1S/C14H17ClN2O3/c1-9(8-19-2)17-12-6-10(14(18)20-3)4-5-11(12)16-13(17)7-15/h4-6,9H,7-8H2,1-3H3. The van der Waals surface area contributed by atoms with Crippen molar-refractivity contribution in [1.29, 1.82) is 0 Å². The fourth-order valence-electron chi connectivity index (χ4n) is 2.29. The van der Waals surface area contributed by atoms with Gasteiger partial charge in [0, 0.05) is 7.11 Å². The van der Waals surface area contributed by atoms with Gasteiger partial charge in [0.25, 0.3) is 0 Å². The number of carbonyl (C=O) groups excluding carboxylic acids is 1. The van der Waals surface area contributed by atoms with Gasteiger partial charge in [0.15, 0.2) is 0 Å². The Morgan fingerprint density at radius 3 is 2.80 bits per heavy atom. The summed E-state index contributed by atoms with van der Waals surface area (Å²) in [6, 6.07) is 5.35. The highest BCUT2D eigenvalue weighted by Crippen LogP contribution is 2.24. The van der Waals surface area contributed by atoms with Crippen LogP contribution in [0.15, 0.2) is 18.2 Å². The maximum Gasteiger partial charge on any atom is 0.337 e. The molecule has 0 aliphatic heterocycles. The van der Waals surface area contributed by atoms with Crippen LogP contribution in [0.4, 0.5) is 0 Å². The third-order valence-electron chi connectivity index (χ3n) is 3.15. The number of imidazole rings is 1. The van der Waals surface area contributed by atoms with Crippen LogP contribution in [0.25, 0.3) is 11.0 Å². The number of halogens is 1. The van der Waals surface area contributed by atoms with Crippen LogP contribution in [0.3, 0.4) is 0 Å². The second kappa shape index (κ2) is 6.24. The maximum absolute atomic E-state index is 11.6. The number of ether oxygens (including phenoxy) is 2. The highest BCUT2D eigenvalue weighted by molar-refractivity contribution is 6.16. The van der Waals surface area contributed by atoms with Crippen LogP contribution >= 0.6 is 11.6 Å². The van der Waals surface area contributed by atoms with Crippen molar-refractivity contribution in [2.75, 3.05) is 20.8 Å². The van der Waals surface area contributed by atoms with E-state index < -0.39 is 0 Å². The van der Waals surface area contributed by atoms with E-state index in [4.69, 9.17) is 21.1 Å². The third kappa shape index (κ3) is 2.64. The van der Waals surface area contributed by atoms with Gasteiger partial charge in [-0.25, -0.2) is 9.78 Å². The molecule has 0 spiro atoms. The lowest BCUT2D eigenvalue weighted by Gasteiger charge is -2.16. The number of esters is 1. The van der Waals surface area contributed by atoms with Crippen LogP contribution in [0, 0.1) is 0 Å². The summed E-state index contributed by atoms with van der Waals surface area (Å²) in [4.78, 5) is 16.1. The highest BCUT2D eigenvalue weighted by atomic mass is 35.5. The van der Waals surface area contributed by atoms with Crippen LogP contribution < -0.4 is 0 Å². The van der Waals surface area contributed by atoms with Gasteiger partial charge in [-0.3, -0.25) is 0 Å². The molecule has 2 aromatic rings. The van der Waals surface area contributed by atoms with E-state index in [9.17, 15) is 4.79 Å². The maximum atomic E-state index is 11.6. The molecule has 20 heavy (non-hydrogen) atoms. The molecule has 5 nitrogen and oxygen atoms in total. The van der Waals surface area contributed by atoms with Gasteiger partial charge in [0.2, 0.25) is 0 Å². The zero-order valence-corrected chi connectivity index (χ0v) is 12.5. The number of carbonyl (C=O) groups is 1. The smallest absolute Gasteiger partial charge is 0.337 e. The summed E-state index contributed by atoms with van der Waals surface area (Å²) in [5.74, 6) is 0.690. The highest BCUT2D eigenvalue weighted by Gasteiger charge is 2.17. The number of alkyl halides is 1. The summed E-state index contributed by atoms with van der Waals surface area (Å²) in [5.41, 5.74) is 2.15. The minimum atomic E-state index is -0.369. The molecule has 2 rings (SSSR count). The summed E-state index contributed by atoms with van der Waals surface area (Å²) in [7, 11) is 3.01. The molecule has 0 aliphatic rings. The number of hydrogen-bond donors (Lipinski definition) is 0. The van der Waals surface area contributed by atoms with E-state index in [0.717, 1.165) is 16.9 Å². The van der Waals surface area contributed by atoms with E-state index in [1.165, 1.54) is 7.11 Å². The molecule has 6 heteroatoms. The molecule has 1 heterocycles. The van der Waals surface area contributed by atoms with Gasteiger partial charge in [-0.05, 0) is 25.1 Å². The predicted molar refractivity (Wildman–Crippen MR) is 77.2 cm³/mol. The van der Waals surface area contributed by atoms with Gasteiger partial charge >= 0.3 is 5.97 Å². The second-order valence-electron chi connectivity index (χ2n) is 4.53. The SMILES string of the molecule is COCC(C)n1c(CCl)nc2ccc(C(=O)OC)cc21. The van der Waals surface area contributed by atoms with Crippen molar-refractivity contribution in [1.82, 2.24) is 9.55 Å². The van der Waals surface area contributed by atoms with Crippen LogP contribution in [0.5, 0.6) is 0 Å². The van der Waals surface area contributed by atoms with Crippen LogP contribution in [0.2, 0.25) is 0 Å². The summed E-state index contributed by atoms with van der Waals surface area (Å²) in [6.07, 6.45) is 0. The largest absolute Gasteiger partial charge is 0.465 e. The van der Waals surface area contributed by atoms with E-state index >= 15 is 0 Å². The average molecular weight is 297 g/mol. The van der Waals surface area contributed by atoms with E-state index in [1.54, 1.807) is 25.3 Å². The first-order chi connectivity index (χ1) is 9.62. The monoisotopic (exact) mass is 296 g/mol. The first kappa shape index (κ1) is 14.8. The minimum absolute atomic E-state index is 0.0756. The molecule has 0 saturated heterocycles. The lowest BCUT2D eigenvalue weighted by Crippen LogP contribution is -2.13. The van der Waals surface area contributed by atoms with Crippen molar-refractivity contribution in [3.05, 3.63) is 29.6 Å². The first-order valence-corrected chi connectivity index (χ1v) is 6.80. The molecule has 1 aromatic carbocycles. The summed E-state index contributed by atoms with van der Waals surface area (Å²) >= 11 is 5.96. The molecule has 0 radical (unpaired) electrons. The average Bonchev–Trinajstić information content (AvgIpc) is 2.84. The molecule has 0 amide bonds. The normalized spacial score (nSPS) is 12.6. The molecule has 108 valence electrons. The topological polar surface area (TPSA) is 53.4 Å². The molecule has 0 bridgehead atoms. The lowest BCUT2D eigenvalue weighted by atomic mass is 10.2. The fraction of sp³-hybridized carbons (Fsp3) is 0.429. The Hall–Kier alpha value is -1.59. The third-order valence-corrected chi connectivity index (χ3v) is 3.39. The van der Waals surface area contributed by atoms with E-state index in [1.807, 2.05) is 11.5 Å². The summed E-state index contributed by atoms with van der Waals surface area (Å²) < 4.78 is 11.9. The Balaban J connectivity index is 2.59. The number of aromatic nitrogens is 2. The van der Waals surface area contributed by atoms with Crippen molar-refractivity contribution >= 4 is 28.6 Å². The zero-order valence-electron chi connectivity index (χ0n) is 11.7. The number of benzene rings is 1. The van der Waals surface area contributed by atoms with Crippen molar-refractivity contribution in [2.45, 2.75) is 18.8 Å². The predicted octanol–water partition coefficient (Wildman–Crippen LogP) is 2.77. The molecule has 0 N–H and O–H groups in total. The number of hydrogen-bond acceptors (Lipinski definition) is 4. The quantitative estimate of drug-likeness (QED) is 0.629. The zero-order chi connectivity index (χ0) is 14.7. The Kier molecular flexibility index (Phi) is 4.62. The molecular formula is C14H17ClN2O3. The Morgan fingerprint density at radius 1 is 1.45 bits per heavy atom. The molecule has 0 fully saturated rings. The first-order valence-electron chi connectivity index (χ1n) is 6.26. The number of nitrogens with zero attached hydrogens (tertiary/aromatic N) is 2.